The molecular formula is C19H18ClN3O3S2. The number of rotatable bonds is 3. The van der Waals surface area contributed by atoms with Crippen molar-refractivity contribution in [2.45, 2.75) is 18.2 Å². The summed E-state index contributed by atoms with van der Waals surface area (Å²) in [4.78, 5) is 16.9. The van der Waals surface area contributed by atoms with Crippen molar-refractivity contribution in [1.29, 1.82) is 0 Å². The maximum atomic E-state index is 12.4. The first kappa shape index (κ1) is 19.3. The molecule has 9 heteroatoms. The van der Waals surface area contributed by atoms with Gasteiger partial charge in [-0.25, -0.2) is 8.42 Å². The number of amidine groups is 1. The van der Waals surface area contributed by atoms with Crippen molar-refractivity contribution in [3.8, 4) is 0 Å². The van der Waals surface area contributed by atoms with E-state index < -0.39 is 9.84 Å². The number of carbonyl (C=O) groups excluding carboxylic acids is 1. The van der Waals surface area contributed by atoms with Crippen LogP contribution in [0.25, 0.3) is 0 Å². The van der Waals surface area contributed by atoms with Crippen LogP contribution in [0.4, 0.5) is 11.4 Å². The van der Waals surface area contributed by atoms with E-state index in [1.54, 1.807) is 30.3 Å². The van der Waals surface area contributed by atoms with Crippen LogP contribution in [0.15, 0.2) is 47.5 Å². The molecule has 0 bridgehead atoms. The average Bonchev–Trinajstić information content (AvgIpc) is 3.11. The number of carbonyl (C=O) groups is 1. The van der Waals surface area contributed by atoms with Gasteiger partial charge in [-0.1, -0.05) is 29.4 Å². The van der Waals surface area contributed by atoms with Crippen LogP contribution in [0, 0.1) is 6.92 Å². The molecule has 0 unspecified atom stereocenters. The number of nitrogens with zero attached hydrogens (tertiary/aromatic N) is 1. The average molecular weight is 436 g/mol. The number of halogens is 1. The fourth-order valence-corrected chi connectivity index (χ4v) is 6.97. The molecule has 2 aliphatic rings. The van der Waals surface area contributed by atoms with Crippen LogP contribution in [-0.4, -0.2) is 42.3 Å². The lowest BCUT2D eigenvalue weighted by Gasteiger charge is -2.09. The summed E-state index contributed by atoms with van der Waals surface area (Å²) in [6, 6.07) is 12.3. The van der Waals surface area contributed by atoms with E-state index >= 15 is 0 Å². The molecule has 2 aromatic rings. The third-order valence-corrected chi connectivity index (χ3v) is 8.20. The van der Waals surface area contributed by atoms with E-state index in [0.717, 1.165) is 16.4 Å². The summed E-state index contributed by atoms with van der Waals surface area (Å²) in [5, 5.41) is 7.34. The van der Waals surface area contributed by atoms with Gasteiger partial charge in [0.05, 0.1) is 17.5 Å². The first-order chi connectivity index (χ1) is 13.3. The van der Waals surface area contributed by atoms with Gasteiger partial charge < -0.3 is 10.6 Å². The smallest absolute Gasteiger partial charge is 0.255 e. The van der Waals surface area contributed by atoms with Crippen molar-refractivity contribution < 1.29 is 13.2 Å². The van der Waals surface area contributed by atoms with Crippen LogP contribution in [0.3, 0.4) is 0 Å². The number of benzene rings is 2. The molecule has 0 saturated carbocycles. The van der Waals surface area contributed by atoms with Gasteiger partial charge in [-0.3, -0.25) is 9.79 Å². The largest absolute Gasteiger partial charge is 0.335 e. The summed E-state index contributed by atoms with van der Waals surface area (Å²) in [5.41, 5.74) is 2.90. The molecule has 2 heterocycles. The van der Waals surface area contributed by atoms with Crippen LogP contribution in [-0.2, 0) is 9.84 Å². The molecule has 1 amide bonds. The monoisotopic (exact) mass is 435 g/mol. The first-order valence-corrected chi connectivity index (χ1v) is 11.8. The first-order valence-electron chi connectivity index (χ1n) is 8.68. The summed E-state index contributed by atoms with van der Waals surface area (Å²) in [7, 11) is -2.96. The molecule has 2 N–H and O–H groups in total. The van der Waals surface area contributed by atoms with Gasteiger partial charge in [0.2, 0.25) is 0 Å². The lowest BCUT2D eigenvalue weighted by Crippen LogP contribution is -2.13. The molecule has 28 heavy (non-hydrogen) atoms. The minimum Gasteiger partial charge on any atom is -0.335 e. The fourth-order valence-electron chi connectivity index (χ4n) is 3.12. The third-order valence-electron chi connectivity index (χ3n) is 4.65. The van der Waals surface area contributed by atoms with Crippen LogP contribution in [0.1, 0.15) is 15.9 Å². The van der Waals surface area contributed by atoms with E-state index in [9.17, 15) is 13.2 Å². The number of amides is 1. The molecular weight excluding hydrogens is 418 g/mol. The van der Waals surface area contributed by atoms with E-state index in [4.69, 9.17) is 11.6 Å². The highest BCUT2D eigenvalue weighted by atomic mass is 35.5. The molecule has 0 aromatic heterocycles. The molecule has 1 fully saturated rings. The predicted octanol–water partition coefficient (Wildman–Crippen LogP) is 3.58. The third kappa shape index (κ3) is 4.19. The summed E-state index contributed by atoms with van der Waals surface area (Å²) >= 11 is 7.55. The Hall–Kier alpha value is -2.03. The van der Waals surface area contributed by atoms with E-state index in [2.05, 4.69) is 15.6 Å². The van der Waals surface area contributed by atoms with E-state index in [-0.39, 0.29) is 28.7 Å². The normalized spacial score (nSPS) is 22.4. The molecule has 2 aliphatic heterocycles. The van der Waals surface area contributed by atoms with Crippen LogP contribution >= 0.6 is 23.4 Å². The topological polar surface area (TPSA) is 87.6 Å². The Bertz CT molecular complexity index is 1070. The predicted molar refractivity (Wildman–Crippen MR) is 115 cm³/mol. The van der Waals surface area contributed by atoms with Crippen LogP contribution in [0.5, 0.6) is 0 Å². The molecule has 146 valence electrons. The number of anilines is 2. The van der Waals surface area contributed by atoms with Crippen molar-refractivity contribution in [1.82, 2.24) is 0 Å². The Morgan fingerprint density at radius 2 is 1.86 bits per heavy atom. The van der Waals surface area contributed by atoms with Gasteiger partial charge in [0, 0.05) is 27.2 Å². The molecule has 0 aliphatic carbocycles. The Kier molecular flexibility index (Phi) is 5.11. The quantitative estimate of drug-likeness (QED) is 0.769. The van der Waals surface area contributed by atoms with E-state index in [1.165, 1.54) is 11.8 Å². The minimum absolute atomic E-state index is 0.00103. The highest BCUT2D eigenvalue weighted by Crippen LogP contribution is 2.34. The Balaban J connectivity index is 1.39. The second-order valence-corrected chi connectivity index (χ2v) is 10.6. The number of aliphatic imine (C=N–C) groups is 1. The second kappa shape index (κ2) is 7.42. The number of fused-ring (bicyclic) bond motifs is 1. The van der Waals surface area contributed by atoms with Crippen LogP contribution in [0.2, 0.25) is 5.02 Å². The number of thioether (sulfide) groups is 1. The standard InChI is InChI=1S/C19H18ClN3O3S2/c1-11-2-5-14(8-15(11)20)21-18(24)12-3-6-13(7-4-12)22-19-23-16-9-28(25,26)10-17(16)27-19/h2-8,16-17H,9-10H2,1H3,(H,21,24)(H,22,23)/t16-,17+/m0/s1. The van der Waals surface area contributed by atoms with Gasteiger partial charge >= 0.3 is 0 Å². The van der Waals surface area contributed by atoms with Gasteiger partial charge in [0.15, 0.2) is 15.0 Å². The molecule has 1 saturated heterocycles. The summed E-state index contributed by atoms with van der Waals surface area (Å²) in [5.74, 6) is 0.0794. The second-order valence-electron chi connectivity index (χ2n) is 6.86. The molecule has 0 spiro atoms. The summed E-state index contributed by atoms with van der Waals surface area (Å²) in [6.45, 7) is 1.90. The Morgan fingerprint density at radius 3 is 2.54 bits per heavy atom. The minimum atomic E-state index is -2.96. The molecule has 6 nitrogen and oxygen atoms in total. The maximum absolute atomic E-state index is 12.4. The number of sulfone groups is 1. The molecule has 0 radical (unpaired) electrons. The highest BCUT2D eigenvalue weighted by molar-refractivity contribution is 8.15. The van der Waals surface area contributed by atoms with Crippen molar-refractivity contribution in [2.24, 2.45) is 4.99 Å². The summed E-state index contributed by atoms with van der Waals surface area (Å²) < 4.78 is 23.3. The number of aryl methyl sites for hydroxylation is 1. The van der Waals surface area contributed by atoms with Crippen LogP contribution < -0.4 is 10.6 Å². The molecule has 2 atom stereocenters. The lowest BCUT2D eigenvalue weighted by atomic mass is 10.1. The van der Waals surface area contributed by atoms with Crippen molar-refractivity contribution in [3.63, 3.8) is 0 Å². The van der Waals surface area contributed by atoms with Gasteiger partial charge in [-0.2, -0.15) is 0 Å². The SMILES string of the molecule is Cc1ccc(NC(=O)c2ccc(NC3=N[C@H]4CS(=O)(=O)C[C@H]4S3)cc2)cc1Cl. The summed E-state index contributed by atoms with van der Waals surface area (Å²) in [6.07, 6.45) is 0. The Morgan fingerprint density at radius 1 is 1.14 bits per heavy atom. The van der Waals surface area contributed by atoms with E-state index in [1.807, 2.05) is 19.1 Å². The van der Waals surface area contributed by atoms with Crippen molar-refractivity contribution in [2.75, 3.05) is 22.1 Å². The van der Waals surface area contributed by atoms with Gasteiger partial charge in [-0.05, 0) is 48.9 Å². The highest BCUT2D eigenvalue weighted by Gasteiger charge is 2.42. The molecule has 2 aromatic carbocycles. The number of nitrogens with one attached hydrogen (secondary N) is 2. The zero-order chi connectivity index (χ0) is 19.9. The van der Waals surface area contributed by atoms with Gasteiger partial charge in [0.25, 0.3) is 5.91 Å². The maximum Gasteiger partial charge on any atom is 0.255 e. The zero-order valence-corrected chi connectivity index (χ0v) is 17.4. The number of hydrogen-bond acceptors (Lipinski definition) is 6. The van der Waals surface area contributed by atoms with Gasteiger partial charge in [-0.15, -0.1) is 0 Å². The lowest BCUT2D eigenvalue weighted by molar-refractivity contribution is 0.102. The Labute approximate surface area is 172 Å². The number of hydrogen-bond donors (Lipinski definition) is 2. The molecule has 4 rings (SSSR count). The van der Waals surface area contributed by atoms with Gasteiger partial charge in [0.1, 0.15) is 0 Å². The van der Waals surface area contributed by atoms with Crippen molar-refractivity contribution in [3.05, 3.63) is 58.6 Å². The van der Waals surface area contributed by atoms with Crippen molar-refractivity contribution >= 4 is 55.6 Å². The van der Waals surface area contributed by atoms with E-state index in [0.29, 0.717) is 16.3 Å². The fraction of sp³-hybridized carbons (Fsp3) is 0.263. The zero-order valence-electron chi connectivity index (χ0n) is 15.0.